The maximum atomic E-state index is 12.1. The average Bonchev–Trinajstić information content (AvgIpc) is 2.86. The van der Waals surface area contributed by atoms with Gasteiger partial charge < -0.3 is 5.11 Å². The van der Waals surface area contributed by atoms with Crippen molar-refractivity contribution in [1.82, 2.24) is 14.5 Å². The molecule has 112 valence electrons. The summed E-state index contributed by atoms with van der Waals surface area (Å²) in [5, 5.41) is 12.3. The Labute approximate surface area is 122 Å². The van der Waals surface area contributed by atoms with Gasteiger partial charge in [0.05, 0.1) is 6.20 Å². The molecule has 0 bridgehead atoms. The molecule has 0 saturated heterocycles. The van der Waals surface area contributed by atoms with Gasteiger partial charge >= 0.3 is 5.97 Å². The molecule has 1 heterocycles. The second-order valence-electron chi connectivity index (χ2n) is 4.58. The van der Waals surface area contributed by atoms with Crippen LogP contribution >= 0.6 is 0 Å². The van der Waals surface area contributed by atoms with Crippen LogP contribution in [0.4, 0.5) is 0 Å². The normalized spacial score (nSPS) is 11.5. The third-order valence-corrected chi connectivity index (χ3v) is 4.16. The number of aliphatic carboxylic acids is 1. The maximum Gasteiger partial charge on any atom is 0.325 e. The predicted molar refractivity (Wildman–Crippen MR) is 75.1 cm³/mol. The van der Waals surface area contributed by atoms with Crippen molar-refractivity contribution in [2.75, 3.05) is 0 Å². The SMILES string of the molecule is Cc1ccc(CNS(=O)(=O)c2cnn(CC(=O)O)c2)cc1. The summed E-state index contributed by atoms with van der Waals surface area (Å²) >= 11 is 0. The summed E-state index contributed by atoms with van der Waals surface area (Å²) in [6, 6.07) is 7.47. The highest BCUT2D eigenvalue weighted by Crippen LogP contribution is 2.09. The van der Waals surface area contributed by atoms with E-state index in [4.69, 9.17) is 5.11 Å². The van der Waals surface area contributed by atoms with E-state index in [2.05, 4.69) is 9.82 Å². The Hall–Kier alpha value is -2.19. The van der Waals surface area contributed by atoms with Crippen molar-refractivity contribution in [3.05, 3.63) is 47.8 Å². The van der Waals surface area contributed by atoms with E-state index >= 15 is 0 Å². The molecule has 1 aromatic carbocycles. The van der Waals surface area contributed by atoms with Crippen molar-refractivity contribution in [2.45, 2.75) is 24.9 Å². The zero-order valence-electron chi connectivity index (χ0n) is 11.4. The van der Waals surface area contributed by atoms with Gasteiger partial charge in [0.2, 0.25) is 10.0 Å². The van der Waals surface area contributed by atoms with Gasteiger partial charge in [0.25, 0.3) is 0 Å². The van der Waals surface area contributed by atoms with Crippen molar-refractivity contribution in [3.63, 3.8) is 0 Å². The summed E-state index contributed by atoms with van der Waals surface area (Å²) in [5.74, 6) is -1.09. The van der Waals surface area contributed by atoms with Crippen molar-refractivity contribution in [1.29, 1.82) is 0 Å². The minimum Gasteiger partial charge on any atom is -0.480 e. The lowest BCUT2D eigenvalue weighted by Gasteiger charge is -2.05. The molecule has 0 fully saturated rings. The predicted octanol–water partition coefficient (Wildman–Crippen LogP) is 0.755. The van der Waals surface area contributed by atoms with Crippen LogP contribution in [0.25, 0.3) is 0 Å². The molecular weight excluding hydrogens is 294 g/mol. The second kappa shape index (κ2) is 6.06. The Bertz CT molecular complexity index is 735. The van der Waals surface area contributed by atoms with Crippen LogP contribution in [0, 0.1) is 6.92 Å². The van der Waals surface area contributed by atoms with E-state index in [1.807, 2.05) is 31.2 Å². The zero-order valence-corrected chi connectivity index (χ0v) is 12.2. The second-order valence-corrected chi connectivity index (χ2v) is 6.34. The number of aromatic nitrogens is 2. The molecule has 0 aliphatic carbocycles. The van der Waals surface area contributed by atoms with Crippen LogP contribution in [-0.2, 0) is 27.9 Å². The van der Waals surface area contributed by atoms with Crippen LogP contribution in [0.5, 0.6) is 0 Å². The Morgan fingerprint density at radius 2 is 2.00 bits per heavy atom. The number of nitrogens with zero attached hydrogens (tertiary/aromatic N) is 2. The number of carboxylic acids is 1. The molecule has 2 aromatic rings. The van der Waals surface area contributed by atoms with Crippen LogP contribution < -0.4 is 4.72 Å². The molecular formula is C13H15N3O4S. The number of aryl methyl sites for hydroxylation is 1. The molecule has 0 amide bonds. The van der Waals surface area contributed by atoms with Crippen molar-refractivity contribution in [2.24, 2.45) is 0 Å². The average molecular weight is 309 g/mol. The van der Waals surface area contributed by atoms with E-state index in [-0.39, 0.29) is 18.0 Å². The van der Waals surface area contributed by atoms with E-state index < -0.39 is 16.0 Å². The minimum atomic E-state index is -3.71. The Morgan fingerprint density at radius 1 is 1.33 bits per heavy atom. The fraction of sp³-hybridized carbons (Fsp3) is 0.231. The van der Waals surface area contributed by atoms with Gasteiger partial charge in [-0.1, -0.05) is 29.8 Å². The number of hydrogen-bond donors (Lipinski definition) is 2. The highest BCUT2D eigenvalue weighted by atomic mass is 32.2. The van der Waals surface area contributed by atoms with Crippen LogP contribution in [0.15, 0.2) is 41.6 Å². The van der Waals surface area contributed by atoms with E-state index in [1.165, 1.54) is 6.20 Å². The first-order valence-corrected chi connectivity index (χ1v) is 7.64. The highest BCUT2D eigenvalue weighted by Gasteiger charge is 2.16. The van der Waals surface area contributed by atoms with Gasteiger partial charge in [-0.3, -0.25) is 9.48 Å². The number of carbonyl (C=O) groups is 1. The lowest BCUT2D eigenvalue weighted by Crippen LogP contribution is -2.23. The molecule has 0 saturated carbocycles. The molecule has 0 aliphatic heterocycles. The maximum absolute atomic E-state index is 12.1. The molecule has 8 heteroatoms. The number of benzene rings is 1. The largest absolute Gasteiger partial charge is 0.480 e. The molecule has 0 unspecified atom stereocenters. The molecule has 7 nitrogen and oxygen atoms in total. The summed E-state index contributed by atoms with van der Waals surface area (Å²) in [4.78, 5) is 10.5. The quantitative estimate of drug-likeness (QED) is 0.820. The smallest absolute Gasteiger partial charge is 0.325 e. The molecule has 1 aromatic heterocycles. The van der Waals surface area contributed by atoms with Gasteiger partial charge in [0.1, 0.15) is 11.4 Å². The first-order chi connectivity index (χ1) is 9.87. The van der Waals surface area contributed by atoms with Gasteiger partial charge in [-0.15, -0.1) is 0 Å². The summed E-state index contributed by atoms with van der Waals surface area (Å²) in [7, 11) is -3.71. The van der Waals surface area contributed by atoms with Gasteiger partial charge in [-0.05, 0) is 12.5 Å². The molecule has 2 N–H and O–H groups in total. The zero-order chi connectivity index (χ0) is 15.5. The topological polar surface area (TPSA) is 101 Å². The van der Waals surface area contributed by atoms with Crippen LogP contribution in [0.2, 0.25) is 0 Å². The Balaban J connectivity index is 2.06. The summed E-state index contributed by atoms with van der Waals surface area (Å²) in [6.07, 6.45) is 2.31. The van der Waals surface area contributed by atoms with E-state index in [0.29, 0.717) is 0 Å². The molecule has 0 radical (unpaired) electrons. The highest BCUT2D eigenvalue weighted by molar-refractivity contribution is 7.89. The number of carboxylic acid groups (broad SMARTS) is 1. The third kappa shape index (κ3) is 4.14. The van der Waals surface area contributed by atoms with Crippen molar-refractivity contribution < 1.29 is 18.3 Å². The third-order valence-electron chi connectivity index (χ3n) is 2.80. The molecule has 0 aliphatic rings. The lowest BCUT2D eigenvalue weighted by molar-refractivity contribution is -0.137. The van der Waals surface area contributed by atoms with Gasteiger partial charge in [-0.25, -0.2) is 13.1 Å². The fourth-order valence-electron chi connectivity index (χ4n) is 1.68. The van der Waals surface area contributed by atoms with E-state index in [0.717, 1.165) is 22.0 Å². The van der Waals surface area contributed by atoms with Gasteiger partial charge in [0, 0.05) is 12.7 Å². The van der Waals surface area contributed by atoms with Crippen LogP contribution in [0.3, 0.4) is 0 Å². The Morgan fingerprint density at radius 3 is 2.62 bits per heavy atom. The molecule has 2 rings (SSSR count). The summed E-state index contributed by atoms with van der Waals surface area (Å²) in [6.45, 7) is 1.73. The van der Waals surface area contributed by atoms with E-state index in [1.54, 1.807) is 0 Å². The van der Waals surface area contributed by atoms with Crippen LogP contribution in [0.1, 0.15) is 11.1 Å². The van der Waals surface area contributed by atoms with Crippen LogP contribution in [-0.4, -0.2) is 29.3 Å². The number of nitrogens with one attached hydrogen (secondary N) is 1. The molecule has 0 atom stereocenters. The first kappa shape index (κ1) is 15.2. The molecule has 21 heavy (non-hydrogen) atoms. The van der Waals surface area contributed by atoms with Crippen molar-refractivity contribution >= 4 is 16.0 Å². The Kier molecular flexibility index (Phi) is 4.39. The number of hydrogen-bond acceptors (Lipinski definition) is 4. The first-order valence-electron chi connectivity index (χ1n) is 6.16. The van der Waals surface area contributed by atoms with Gasteiger partial charge in [-0.2, -0.15) is 5.10 Å². The lowest BCUT2D eigenvalue weighted by atomic mass is 10.2. The standard InChI is InChI=1S/C13H15N3O4S/c1-10-2-4-11(5-3-10)6-15-21(19,20)12-7-14-16(8-12)9-13(17)18/h2-5,7-8,15H,6,9H2,1H3,(H,17,18). The van der Waals surface area contributed by atoms with E-state index in [9.17, 15) is 13.2 Å². The van der Waals surface area contributed by atoms with Gasteiger partial charge in [0.15, 0.2) is 0 Å². The number of sulfonamides is 1. The minimum absolute atomic E-state index is 0.0594. The molecule has 0 spiro atoms. The monoisotopic (exact) mass is 309 g/mol. The fourth-order valence-corrected chi connectivity index (χ4v) is 2.65. The summed E-state index contributed by atoms with van der Waals surface area (Å²) < 4.78 is 27.6. The summed E-state index contributed by atoms with van der Waals surface area (Å²) in [5.41, 5.74) is 1.93. The van der Waals surface area contributed by atoms with Crippen molar-refractivity contribution in [3.8, 4) is 0 Å². The number of rotatable bonds is 6.